The van der Waals surface area contributed by atoms with Crippen LogP contribution in [0.3, 0.4) is 0 Å². The van der Waals surface area contributed by atoms with E-state index in [9.17, 15) is 18.0 Å². The molecule has 0 radical (unpaired) electrons. The van der Waals surface area contributed by atoms with E-state index in [1.807, 2.05) is 23.2 Å². The van der Waals surface area contributed by atoms with Crippen LogP contribution >= 0.6 is 0 Å². The molecule has 0 saturated carbocycles. The van der Waals surface area contributed by atoms with Crippen molar-refractivity contribution < 1.29 is 41.9 Å². The van der Waals surface area contributed by atoms with Crippen LogP contribution in [0.2, 0.25) is 0 Å². The van der Waals surface area contributed by atoms with Crippen molar-refractivity contribution >= 4 is 11.9 Å². The number of carbonyl (C=O) groups excluding carboxylic acids is 1. The third kappa shape index (κ3) is 6.26. The fourth-order valence-electron chi connectivity index (χ4n) is 3.63. The molecule has 2 saturated heterocycles. The molecule has 2 aromatic heterocycles. The number of alkyl halides is 3. The first-order valence-electron chi connectivity index (χ1n) is 9.89. The smallest absolute Gasteiger partial charge is 0.475 e. The van der Waals surface area contributed by atoms with Crippen LogP contribution in [0.1, 0.15) is 35.4 Å². The molecule has 9 nitrogen and oxygen atoms in total. The average molecular weight is 457 g/mol. The number of hydrogen-bond donors (Lipinski definition) is 1. The number of nitrogens with zero attached hydrogens (tertiary/aromatic N) is 3. The van der Waals surface area contributed by atoms with Crippen LogP contribution in [0.25, 0.3) is 0 Å². The normalized spacial score (nSPS) is 22.6. The van der Waals surface area contributed by atoms with Gasteiger partial charge in [0.1, 0.15) is 0 Å². The minimum absolute atomic E-state index is 0.0765. The number of hydrogen-bond acceptors (Lipinski definition) is 7. The van der Waals surface area contributed by atoms with Gasteiger partial charge < -0.3 is 24.0 Å². The lowest BCUT2D eigenvalue weighted by Crippen LogP contribution is -2.45. The number of fused-ring (bicyclic) bond motifs is 1. The molecule has 12 heteroatoms. The number of carbonyl (C=O) groups is 2. The van der Waals surface area contributed by atoms with Crippen LogP contribution < -0.4 is 0 Å². The van der Waals surface area contributed by atoms with Gasteiger partial charge in [-0.25, -0.2) is 4.79 Å². The molecule has 174 valence electrons. The van der Waals surface area contributed by atoms with Crippen molar-refractivity contribution in [2.75, 3.05) is 13.2 Å². The van der Waals surface area contributed by atoms with Crippen LogP contribution in [0, 0.1) is 0 Å². The molecule has 3 atom stereocenters. The third-order valence-corrected chi connectivity index (χ3v) is 5.08. The summed E-state index contributed by atoms with van der Waals surface area (Å²) < 4.78 is 48.7. The summed E-state index contributed by atoms with van der Waals surface area (Å²) in [4.78, 5) is 27.3. The predicted octanol–water partition coefficient (Wildman–Crippen LogP) is 2.68. The fourth-order valence-corrected chi connectivity index (χ4v) is 3.63. The van der Waals surface area contributed by atoms with Gasteiger partial charge in [-0.3, -0.25) is 9.78 Å². The number of rotatable bonds is 5. The summed E-state index contributed by atoms with van der Waals surface area (Å²) in [6.45, 7) is 1.80. The van der Waals surface area contributed by atoms with Crippen LogP contribution in [0.15, 0.2) is 41.3 Å². The van der Waals surface area contributed by atoms with E-state index in [1.54, 1.807) is 12.3 Å². The maximum atomic E-state index is 12.5. The van der Waals surface area contributed by atoms with Crippen molar-refractivity contribution in [2.45, 2.75) is 50.3 Å². The summed E-state index contributed by atoms with van der Waals surface area (Å²) in [7, 11) is 0. The molecule has 1 amide bonds. The minimum atomic E-state index is -5.08. The summed E-state index contributed by atoms with van der Waals surface area (Å²) in [6, 6.07) is 5.62. The highest BCUT2D eigenvalue weighted by Gasteiger charge is 2.42. The van der Waals surface area contributed by atoms with E-state index < -0.39 is 12.1 Å². The zero-order valence-corrected chi connectivity index (χ0v) is 16.9. The molecular formula is C20H22F3N3O6. The van der Waals surface area contributed by atoms with E-state index in [2.05, 4.69) is 10.1 Å². The molecule has 2 aliphatic heterocycles. The van der Waals surface area contributed by atoms with Crippen molar-refractivity contribution in [3.63, 3.8) is 0 Å². The molecule has 2 aromatic rings. The summed E-state index contributed by atoms with van der Waals surface area (Å²) in [6.07, 6.45) is 2.78. The molecule has 0 unspecified atom stereocenters. The van der Waals surface area contributed by atoms with Crippen LogP contribution in [-0.2, 0) is 20.9 Å². The van der Waals surface area contributed by atoms with Gasteiger partial charge in [0.05, 0.1) is 37.7 Å². The zero-order chi connectivity index (χ0) is 23.1. The first-order chi connectivity index (χ1) is 15.3. The molecular weight excluding hydrogens is 435 g/mol. The first-order valence-corrected chi connectivity index (χ1v) is 9.89. The Morgan fingerprint density at radius 1 is 1.22 bits per heavy atom. The van der Waals surface area contributed by atoms with E-state index in [4.69, 9.17) is 23.9 Å². The van der Waals surface area contributed by atoms with E-state index in [-0.39, 0.29) is 24.2 Å². The third-order valence-electron chi connectivity index (χ3n) is 5.08. The Balaban J connectivity index is 0.000000360. The Kier molecular flexibility index (Phi) is 7.80. The number of pyridine rings is 1. The number of amides is 1. The van der Waals surface area contributed by atoms with Gasteiger partial charge in [0, 0.05) is 25.0 Å². The molecule has 32 heavy (non-hydrogen) atoms. The quantitative estimate of drug-likeness (QED) is 0.729. The van der Waals surface area contributed by atoms with Crippen molar-refractivity contribution in [3.05, 3.63) is 48.1 Å². The molecule has 2 aliphatic rings. The number of ether oxygens (including phenoxy) is 2. The number of carboxylic acids is 1. The number of aliphatic carboxylic acids is 1. The number of likely N-dealkylation sites (tertiary alicyclic amines) is 1. The lowest BCUT2D eigenvalue weighted by atomic mass is 9.99. The minimum Gasteiger partial charge on any atom is -0.475 e. The maximum absolute atomic E-state index is 12.5. The Morgan fingerprint density at radius 3 is 2.62 bits per heavy atom. The van der Waals surface area contributed by atoms with Crippen LogP contribution in [-0.4, -0.2) is 69.6 Å². The summed E-state index contributed by atoms with van der Waals surface area (Å²) >= 11 is 0. The largest absolute Gasteiger partial charge is 0.490 e. The van der Waals surface area contributed by atoms with Gasteiger partial charge in [0.2, 0.25) is 5.76 Å². The molecule has 4 heterocycles. The van der Waals surface area contributed by atoms with Gasteiger partial charge in [0.25, 0.3) is 5.91 Å². The highest BCUT2D eigenvalue weighted by molar-refractivity contribution is 5.91. The zero-order valence-electron chi connectivity index (χ0n) is 16.9. The molecule has 0 aromatic carbocycles. The Morgan fingerprint density at radius 2 is 2.00 bits per heavy atom. The van der Waals surface area contributed by atoms with Crippen molar-refractivity contribution in [1.82, 2.24) is 15.0 Å². The molecule has 0 aliphatic carbocycles. The van der Waals surface area contributed by atoms with Crippen LogP contribution in [0.5, 0.6) is 0 Å². The monoisotopic (exact) mass is 457 g/mol. The summed E-state index contributed by atoms with van der Waals surface area (Å²) in [5.41, 5.74) is 1.06. The highest BCUT2D eigenvalue weighted by Crippen LogP contribution is 2.32. The molecule has 0 spiro atoms. The van der Waals surface area contributed by atoms with Gasteiger partial charge in [-0.2, -0.15) is 13.2 Å². The van der Waals surface area contributed by atoms with Crippen molar-refractivity contribution in [2.24, 2.45) is 0 Å². The summed E-state index contributed by atoms with van der Waals surface area (Å²) in [5.74, 6) is -2.56. The van der Waals surface area contributed by atoms with E-state index in [1.165, 1.54) is 6.20 Å². The van der Waals surface area contributed by atoms with E-state index >= 15 is 0 Å². The second kappa shape index (κ2) is 10.6. The molecule has 1 N–H and O–H groups in total. The van der Waals surface area contributed by atoms with Gasteiger partial charge >= 0.3 is 12.1 Å². The standard InChI is InChI=1S/C18H21N3O4.C2HF3O2/c22-18(17-5-8-20-25-17)21-9-6-16-15(21)4-3-14(24-16)12-23-11-13-2-1-7-19-10-13;3-2(4,5)1(6)7/h1-2,5,7-8,10,14-16H,3-4,6,9,11-12H2;(H,6,7)/t14-,15-,16-;/m0./s1. The van der Waals surface area contributed by atoms with Crippen molar-refractivity contribution in [1.29, 1.82) is 0 Å². The Hall–Kier alpha value is -2.99. The molecule has 4 rings (SSSR count). The first kappa shape index (κ1) is 23.7. The lowest BCUT2D eigenvalue weighted by molar-refractivity contribution is -0.192. The van der Waals surface area contributed by atoms with Gasteiger partial charge in [-0.05, 0) is 30.9 Å². The van der Waals surface area contributed by atoms with E-state index in [0.29, 0.717) is 25.5 Å². The molecule has 2 fully saturated rings. The number of carboxylic acid groups (broad SMARTS) is 1. The maximum Gasteiger partial charge on any atom is 0.490 e. The lowest BCUT2D eigenvalue weighted by Gasteiger charge is -2.35. The topological polar surface area (TPSA) is 115 Å². The predicted molar refractivity (Wildman–Crippen MR) is 101 cm³/mol. The number of halogens is 3. The Bertz CT molecular complexity index is 878. The van der Waals surface area contributed by atoms with Crippen LogP contribution in [0.4, 0.5) is 13.2 Å². The highest BCUT2D eigenvalue weighted by atomic mass is 19.4. The fraction of sp³-hybridized carbons (Fsp3) is 0.500. The van der Waals surface area contributed by atoms with E-state index in [0.717, 1.165) is 24.8 Å². The SMILES string of the molecule is O=C(O)C(F)(F)F.O=C(c1ccno1)N1CC[C@@H]2O[C@H](COCc3cccnc3)CC[C@@H]21. The number of aromatic nitrogens is 2. The Labute approximate surface area is 181 Å². The second-order valence-electron chi connectivity index (χ2n) is 7.28. The van der Waals surface area contributed by atoms with Gasteiger partial charge in [-0.1, -0.05) is 11.2 Å². The van der Waals surface area contributed by atoms with Gasteiger partial charge in [-0.15, -0.1) is 0 Å². The average Bonchev–Trinajstić information content (AvgIpc) is 3.44. The summed E-state index contributed by atoms with van der Waals surface area (Å²) in [5, 5.41) is 10.7. The van der Waals surface area contributed by atoms with Gasteiger partial charge in [0.15, 0.2) is 0 Å². The second-order valence-corrected chi connectivity index (χ2v) is 7.28. The van der Waals surface area contributed by atoms with Crippen molar-refractivity contribution in [3.8, 4) is 0 Å². The molecule has 0 bridgehead atoms.